The fourth-order valence-corrected chi connectivity index (χ4v) is 2.86. The third kappa shape index (κ3) is 2.55. The normalized spacial score (nSPS) is 11.0. The van der Waals surface area contributed by atoms with E-state index in [9.17, 15) is 9.59 Å². The molecule has 7 nitrogen and oxygen atoms in total. The highest BCUT2D eigenvalue weighted by atomic mass is 35.5. The fraction of sp³-hybridized carbons (Fsp3) is 0.167. The first kappa shape index (κ1) is 13.8. The summed E-state index contributed by atoms with van der Waals surface area (Å²) < 4.78 is 1.26. The molecule has 0 atom stereocenters. The van der Waals surface area contributed by atoms with Crippen molar-refractivity contribution >= 4 is 39.0 Å². The standard InChI is InChI=1S/C12H10ClN5O2S/c1-14-9-6-2-3-21-11(6)16-8(15-9)5-18-4-7(13)10(19)17-12(18)20/h2-4H,5H2,1H3,(H,14,15,16)(H,17,19,20). The molecule has 0 spiro atoms. The Bertz CT molecular complexity index is 929. The number of fused-ring (bicyclic) bond motifs is 1. The van der Waals surface area contributed by atoms with Crippen molar-refractivity contribution in [1.29, 1.82) is 0 Å². The molecule has 0 bridgehead atoms. The van der Waals surface area contributed by atoms with Gasteiger partial charge >= 0.3 is 5.69 Å². The van der Waals surface area contributed by atoms with Gasteiger partial charge in [-0.3, -0.25) is 14.3 Å². The van der Waals surface area contributed by atoms with Crippen molar-refractivity contribution in [2.24, 2.45) is 0 Å². The first-order valence-electron chi connectivity index (χ1n) is 5.99. The molecular weight excluding hydrogens is 314 g/mol. The van der Waals surface area contributed by atoms with E-state index in [1.54, 1.807) is 7.05 Å². The van der Waals surface area contributed by atoms with E-state index in [-0.39, 0.29) is 11.6 Å². The molecule has 3 aromatic rings. The van der Waals surface area contributed by atoms with Gasteiger partial charge in [-0.15, -0.1) is 11.3 Å². The van der Waals surface area contributed by atoms with Gasteiger partial charge in [0.2, 0.25) is 0 Å². The minimum absolute atomic E-state index is 0.0550. The van der Waals surface area contributed by atoms with Crippen molar-refractivity contribution in [3.05, 3.63) is 49.3 Å². The Kier molecular flexibility index (Phi) is 3.48. The van der Waals surface area contributed by atoms with E-state index in [4.69, 9.17) is 11.6 Å². The molecule has 3 rings (SSSR count). The van der Waals surface area contributed by atoms with Gasteiger partial charge in [0.25, 0.3) is 5.56 Å². The number of H-pyrrole nitrogens is 1. The first-order valence-corrected chi connectivity index (χ1v) is 7.25. The van der Waals surface area contributed by atoms with E-state index in [2.05, 4.69) is 20.3 Å². The van der Waals surface area contributed by atoms with E-state index in [0.717, 1.165) is 10.2 Å². The van der Waals surface area contributed by atoms with Crippen LogP contribution in [0.15, 0.2) is 27.2 Å². The second kappa shape index (κ2) is 5.30. The summed E-state index contributed by atoms with van der Waals surface area (Å²) in [5, 5.41) is 5.80. The molecule has 0 aliphatic heterocycles. The molecule has 0 aliphatic carbocycles. The molecule has 0 aromatic carbocycles. The molecule has 108 valence electrons. The lowest BCUT2D eigenvalue weighted by atomic mass is 10.3. The van der Waals surface area contributed by atoms with Crippen molar-refractivity contribution in [2.45, 2.75) is 6.54 Å². The van der Waals surface area contributed by atoms with Crippen LogP contribution < -0.4 is 16.6 Å². The second-order valence-corrected chi connectivity index (χ2v) is 5.54. The van der Waals surface area contributed by atoms with Crippen LogP contribution in [0.2, 0.25) is 5.02 Å². The first-order chi connectivity index (χ1) is 10.1. The van der Waals surface area contributed by atoms with Crippen LogP contribution in [0.3, 0.4) is 0 Å². The van der Waals surface area contributed by atoms with Gasteiger partial charge in [0.1, 0.15) is 15.7 Å². The summed E-state index contributed by atoms with van der Waals surface area (Å²) in [6, 6.07) is 1.93. The number of aromatic nitrogens is 4. The van der Waals surface area contributed by atoms with Crippen LogP contribution in [0.4, 0.5) is 5.82 Å². The Labute approximate surface area is 127 Å². The van der Waals surface area contributed by atoms with Crippen molar-refractivity contribution in [1.82, 2.24) is 19.5 Å². The molecule has 0 amide bonds. The summed E-state index contributed by atoms with van der Waals surface area (Å²) in [6.07, 6.45) is 1.28. The van der Waals surface area contributed by atoms with Crippen LogP contribution in [0, 0.1) is 0 Å². The number of anilines is 1. The number of hydrogen-bond acceptors (Lipinski definition) is 6. The van der Waals surface area contributed by atoms with E-state index in [1.165, 1.54) is 22.1 Å². The molecule has 0 unspecified atom stereocenters. The van der Waals surface area contributed by atoms with Crippen molar-refractivity contribution in [2.75, 3.05) is 12.4 Å². The molecule has 0 saturated heterocycles. The minimum Gasteiger partial charge on any atom is -0.372 e. The molecular formula is C12H10ClN5O2S. The largest absolute Gasteiger partial charge is 0.372 e. The molecule has 3 heterocycles. The second-order valence-electron chi connectivity index (χ2n) is 4.24. The van der Waals surface area contributed by atoms with Gasteiger partial charge in [0, 0.05) is 13.2 Å². The van der Waals surface area contributed by atoms with Gasteiger partial charge < -0.3 is 5.32 Å². The number of halogens is 1. The Morgan fingerprint density at radius 2 is 2.24 bits per heavy atom. The average molecular weight is 324 g/mol. The number of hydrogen-bond donors (Lipinski definition) is 2. The maximum Gasteiger partial charge on any atom is 0.328 e. The molecule has 2 N–H and O–H groups in total. The van der Waals surface area contributed by atoms with E-state index >= 15 is 0 Å². The highest BCUT2D eigenvalue weighted by molar-refractivity contribution is 7.16. The summed E-state index contributed by atoms with van der Waals surface area (Å²) in [6.45, 7) is 0.123. The zero-order valence-electron chi connectivity index (χ0n) is 10.9. The van der Waals surface area contributed by atoms with Crippen LogP contribution in [0.1, 0.15) is 5.82 Å². The zero-order chi connectivity index (χ0) is 15.0. The van der Waals surface area contributed by atoms with Crippen LogP contribution in [0.5, 0.6) is 0 Å². The lowest BCUT2D eigenvalue weighted by Crippen LogP contribution is -2.30. The number of nitrogens with zero attached hydrogens (tertiary/aromatic N) is 3. The molecule has 21 heavy (non-hydrogen) atoms. The van der Waals surface area contributed by atoms with E-state index in [1.807, 2.05) is 11.4 Å². The highest BCUT2D eigenvalue weighted by Gasteiger charge is 2.10. The van der Waals surface area contributed by atoms with E-state index in [0.29, 0.717) is 11.6 Å². The van der Waals surface area contributed by atoms with Gasteiger partial charge in [0.05, 0.1) is 11.9 Å². The van der Waals surface area contributed by atoms with Gasteiger partial charge in [-0.05, 0) is 11.4 Å². The molecule has 0 fully saturated rings. The van der Waals surface area contributed by atoms with Crippen LogP contribution in [-0.4, -0.2) is 26.6 Å². The Balaban J connectivity index is 2.08. The smallest absolute Gasteiger partial charge is 0.328 e. The summed E-state index contributed by atoms with van der Waals surface area (Å²) in [5.74, 6) is 1.15. The van der Waals surface area contributed by atoms with Crippen molar-refractivity contribution < 1.29 is 0 Å². The lowest BCUT2D eigenvalue weighted by Gasteiger charge is -2.07. The number of aromatic amines is 1. The summed E-state index contributed by atoms with van der Waals surface area (Å²) >= 11 is 7.22. The summed E-state index contributed by atoms with van der Waals surface area (Å²) in [5.41, 5.74) is -1.16. The predicted molar refractivity (Wildman–Crippen MR) is 82.4 cm³/mol. The van der Waals surface area contributed by atoms with Crippen molar-refractivity contribution in [3.8, 4) is 0 Å². The molecule has 0 saturated carbocycles. The van der Waals surface area contributed by atoms with Gasteiger partial charge in [-0.25, -0.2) is 14.8 Å². The molecule has 0 radical (unpaired) electrons. The average Bonchev–Trinajstić information content (AvgIpc) is 2.92. The quantitative estimate of drug-likeness (QED) is 0.757. The molecule has 9 heteroatoms. The molecule has 3 aromatic heterocycles. The van der Waals surface area contributed by atoms with Crippen LogP contribution in [0.25, 0.3) is 10.2 Å². The molecule has 0 aliphatic rings. The lowest BCUT2D eigenvalue weighted by molar-refractivity contribution is 0.690. The number of nitrogens with one attached hydrogen (secondary N) is 2. The Morgan fingerprint density at radius 1 is 1.43 bits per heavy atom. The SMILES string of the molecule is CNc1nc(Cn2cc(Cl)c(=O)[nH]c2=O)nc2sccc12. The number of thiophene rings is 1. The monoisotopic (exact) mass is 323 g/mol. The predicted octanol–water partition coefficient (Wildman–Crippen LogP) is 1.28. The van der Waals surface area contributed by atoms with Crippen molar-refractivity contribution in [3.63, 3.8) is 0 Å². The van der Waals surface area contributed by atoms with Crippen LogP contribution >= 0.6 is 22.9 Å². The topological polar surface area (TPSA) is 92.7 Å². The van der Waals surface area contributed by atoms with E-state index < -0.39 is 11.2 Å². The zero-order valence-corrected chi connectivity index (χ0v) is 12.5. The Morgan fingerprint density at radius 3 is 3.00 bits per heavy atom. The third-order valence-corrected chi connectivity index (χ3v) is 3.96. The highest BCUT2D eigenvalue weighted by Crippen LogP contribution is 2.24. The fourth-order valence-electron chi connectivity index (χ4n) is 1.91. The Hall–Kier alpha value is -2.19. The maximum absolute atomic E-state index is 11.7. The third-order valence-electron chi connectivity index (χ3n) is 2.89. The van der Waals surface area contributed by atoms with Gasteiger partial charge in [-0.1, -0.05) is 11.6 Å². The minimum atomic E-state index is -0.608. The van der Waals surface area contributed by atoms with Gasteiger partial charge in [0.15, 0.2) is 5.82 Å². The van der Waals surface area contributed by atoms with Gasteiger partial charge in [-0.2, -0.15) is 0 Å². The summed E-state index contributed by atoms with van der Waals surface area (Å²) in [7, 11) is 1.77. The van der Waals surface area contributed by atoms with Crippen LogP contribution in [-0.2, 0) is 6.54 Å². The summed E-state index contributed by atoms with van der Waals surface area (Å²) in [4.78, 5) is 34.7. The number of rotatable bonds is 3. The maximum atomic E-state index is 11.7.